The fraction of sp³-hybridized carbons (Fsp3) is 0.571. The highest BCUT2D eigenvalue weighted by Crippen LogP contribution is 2.24. The third-order valence-electron chi connectivity index (χ3n) is 3.74. The monoisotopic (exact) mass is 375 g/mol. The number of piperidine rings is 1. The highest BCUT2D eigenvalue weighted by Gasteiger charge is 2.31. The molecule has 1 unspecified atom stereocenters. The van der Waals surface area contributed by atoms with E-state index in [-0.39, 0.29) is 6.04 Å². The van der Waals surface area contributed by atoms with E-state index in [1.54, 1.807) is 16.4 Å². The lowest BCUT2D eigenvalue weighted by Gasteiger charge is -2.34. The first-order valence-electron chi connectivity index (χ1n) is 7.14. The van der Waals surface area contributed by atoms with Crippen molar-refractivity contribution in [2.24, 2.45) is 0 Å². The summed E-state index contributed by atoms with van der Waals surface area (Å²) in [4.78, 5) is 0. The Bertz CT molecular complexity index is 590. The molecule has 21 heavy (non-hydrogen) atoms. The second kappa shape index (κ2) is 7.09. The lowest BCUT2D eigenvalue weighted by molar-refractivity contribution is 0.250. The van der Waals surface area contributed by atoms with E-state index in [2.05, 4.69) is 26.0 Å². The maximum atomic E-state index is 12.6. The van der Waals surface area contributed by atoms with Crippen molar-refractivity contribution in [2.75, 3.05) is 24.9 Å². The van der Waals surface area contributed by atoms with Gasteiger partial charge in [-0.2, -0.15) is 12.7 Å². The predicted molar refractivity (Wildman–Crippen MR) is 89.7 cm³/mol. The van der Waals surface area contributed by atoms with Gasteiger partial charge < -0.3 is 5.32 Å². The van der Waals surface area contributed by atoms with Gasteiger partial charge in [0.15, 0.2) is 0 Å². The van der Waals surface area contributed by atoms with Gasteiger partial charge in [0.05, 0.1) is 5.69 Å². The summed E-state index contributed by atoms with van der Waals surface area (Å²) in [5.74, 6) is 0. The molecule has 1 aliphatic rings. The lowest BCUT2D eigenvalue weighted by Crippen LogP contribution is -2.49. The molecule has 1 fully saturated rings. The van der Waals surface area contributed by atoms with E-state index in [1.807, 2.05) is 20.0 Å². The van der Waals surface area contributed by atoms with Crippen molar-refractivity contribution in [3.8, 4) is 0 Å². The van der Waals surface area contributed by atoms with Crippen LogP contribution in [0.3, 0.4) is 0 Å². The molecule has 0 aromatic heterocycles. The second-order valence-electron chi connectivity index (χ2n) is 5.39. The fourth-order valence-electron chi connectivity index (χ4n) is 2.59. The number of hydrogen-bond acceptors (Lipinski definition) is 3. The van der Waals surface area contributed by atoms with Crippen LogP contribution < -0.4 is 10.0 Å². The number of anilines is 1. The number of benzene rings is 1. The number of nitrogens with one attached hydrogen (secondary N) is 2. The van der Waals surface area contributed by atoms with Crippen LogP contribution in [-0.2, 0) is 10.2 Å². The van der Waals surface area contributed by atoms with Gasteiger partial charge in [0.1, 0.15) is 0 Å². The fourth-order valence-corrected chi connectivity index (χ4v) is 4.46. The molecule has 0 aliphatic carbocycles. The SMILES string of the molecule is CNCC1CCCCN1S(=O)(=O)Nc1ccc(C)c(Br)c1. The Morgan fingerprint density at radius 2 is 2.14 bits per heavy atom. The third kappa shape index (κ3) is 4.18. The first-order valence-corrected chi connectivity index (χ1v) is 9.37. The summed E-state index contributed by atoms with van der Waals surface area (Å²) in [6.07, 6.45) is 2.90. The van der Waals surface area contributed by atoms with Gasteiger partial charge in [-0.3, -0.25) is 4.72 Å². The molecule has 0 saturated carbocycles. The summed E-state index contributed by atoms with van der Waals surface area (Å²) in [7, 11) is -1.66. The van der Waals surface area contributed by atoms with Crippen molar-refractivity contribution in [3.63, 3.8) is 0 Å². The Balaban J connectivity index is 2.17. The highest BCUT2D eigenvalue weighted by atomic mass is 79.9. The Morgan fingerprint density at radius 1 is 1.38 bits per heavy atom. The number of nitrogens with zero attached hydrogens (tertiary/aromatic N) is 1. The van der Waals surface area contributed by atoms with Gasteiger partial charge in [0.25, 0.3) is 0 Å². The van der Waals surface area contributed by atoms with Gasteiger partial charge in [0, 0.05) is 23.6 Å². The summed E-state index contributed by atoms with van der Waals surface area (Å²) in [5, 5.41) is 3.08. The molecule has 1 atom stereocenters. The van der Waals surface area contributed by atoms with E-state index in [1.165, 1.54) is 0 Å². The molecule has 118 valence electrons. The van der Waals surface area contributed by atoms with Crippen LogP contribution in [0, 0.1) is 6.92 Å². The summed E-state index contributed by atoms with van der Waals surface area (Å²) < 4.78 is 30.4. The van der Waals surface area contributed by atoms with Crippen molar-refractivity contribution < 1.29 is 8.42 Å². The maximum Gasteiger partial charge on any atom is 0.301 e. The molecular formula is C14H22BrN3O2S. The molecule has 2 N–H and O–H groups in total. The standard InChI is InChI=1S/C14H22BrN3O2S/c1-11-6-7-12(9-14(11)15)17-21(19,20)18-8-4-3-5-13(18)10-16-2/h6-7,9,13,16-17H,3-5,8,10H2,1-2H3. The molecule has 0 bridgehead atoms. The normalized spacial score (nSPS) is 20.4. The van der Waals surface area contributed by atoms with Gasteiger partial charge in [-0.25, -0.2) is 0 Å². The van der Waals surface area contributed by atoms with Crippen molar-refractivity contribution in [1.82, 2.24) is 9.62 Å². The Hall–Kier alpha value is -0.630. The van der Waals surface area contributed by atoms with Crippen LogP contribution in [0.25, 0.3) is 0 Å². The Labute approximate surface area is 135 Å². The van der Waals surface area contributed by atoms with E-state index < -0.39 is 10.2 Å². The van der Waals surface area contributed by atoms with Crippen LogP contribution in [0.4, 0.5) is 5.69 Å². The summed E-state index contributed by atoms with van der Waals surface area (Å²) in [6.45, 7) is 3.23. The summed E-state index contributed by atoms with van der Waals surface area (Å²) in [5.41, 5.74) is 1.66. The molecule has 1 aliphatic heterocycles. The average Bonchev–Trinajstić information content (AvgIpc) is 2.43. The van der Waals surface area contributed by atoms with E-state index in [0.717, 1.165) is 29.3 Å². The van der Waals surface area contributed by atoms with E-state index in [4.69, 9.17) is 0 Å². The quantitative estimate of drug-likeness (QED) is 0.830. The van der Waals surface area contributed by atoms with Gasteiger partial charge in [0.2, 0.25) is 0 Å². The van der Waals surface area contributed by atoms with Gasteiger partial charge >= 0.3 is 10.2 Å². The smallest absolute Gasteiger partial charge is 0.301 e. The van der Waals surface area contributed by atoms with E-state index in [0.29, 0.717) is 18.8 Å². The topological polar surface area (TPSA) is 61.4 Å². The predicted octanol–water partition coefficient (Wildman–Crippen LogP) is 2.49. The molecule has 1 heterocycles. The molecule has 1 saturated heterocycles. The van der Waals surface area contributed by atoms with Crippen molar-refractivity contribution in [1.29, 1.82) is 0 Å². The number of halogens is 1. The molecule has 0 spiro atoms. The minimum absolute atomic E-state index is 0.0233. The number of rotatable bonds is 5. The second-order valence-corrected chi connectivity index (χ2v) is 7.87. The minimum atomic E-state index is -3.51. The number of hydrogen-bond donors (Lipinski definition) is 2. The minimum Gasteiger partial charge on any atom is -0.318 e. The Kier molecular flexibility index (Phi) is 5.65. The average molecular weight is 376 g/mol. The van der Waals surface area contributed by atoms with Crippen LogP contribution in [-0.4, -0.2) is 38.9 Å². The molecule has 5 nitrogen and oxygen atoms in total. The molecule has 1 aromatic carbocycles. The first-order chi connectivity index (χ1) is 9.94. The van der Waals surface area contributed by atoms with Gasteiger partial charge in [-0.1, -0.05) is 28.4 Å². The highest BCUT2D eigenvalue weighted by molar-refractivity contribution is 9.10. The van der Waals surface area contributed by atoms with E-state index >= 15 is 0 Å². The van der Waals surface area contributed by atoms with Gasteiger partial charge in [-0.05, 0) is 44.5 Å². The molecule has 0 radical (unpaired) electrons. The summed E-state index contributed by atoms with van der Waals surface area (Å²) >= 11 is 3.43. The molecule has 1 aromatic rings. The van der Waals surface area contributed by atoms with Gasteiger partial charge in [-0.15, -0.1) is 0 Å². The van der Waals surface area contributed by atoms with Crippen LogP contribution in [0.1, 0.15) is 24.8 Å². The third-order valence-corrected chi connectivity index (χ3v) is 6.19. The van der Waals surface area contributed by atoms with Crippen molar-refractivity contribution >= 4 is 31.8 Å². The molecular weight excluding hydrogens is 354 g/mol. The number of likely N-dealkylation sites (N-methyl/N-ethyl adjacent to an activating group) is 1. The van der Waals surface area contributed by atoms with Crippen LogP contribution >= 0.6 is 15.9 Å². The largest absolute Gasteiger partial charge is 0.318 e. The molecule has 2 rings (SSSR count). The van der Waals surface area contributed by atoms with Crippen LogP contribution in [0.5, 0.6) is 0 Å². The van der Waals surface area contributed by atoms with Crippen LogP contribution in [0.15, 0.2) is 22.7 Å². The van der Waals surface area contributed by atoms with Crippen LogP contribution in [0.2, 0.25) is 0 Å². The first kappa shape index (κ1) is 16.7. The zero-order chi connectivity index (χ0) is 15.5. The maximum absolute atomic E-state index is 12.6. The van der Waals surface area contributed by atoms with Crippen molar-refractivity contribution in [3.05, 3.63) is 28.2 Å². The zero-order valence-electron chi connectivity index (χ0n) is 12.4. The lowest BCUT2D eigenvalue weighted by atomic mass is 10.1. The summed E-state index contributed by atoms with van der Waals surface area (Å²) in [6, 6.07) is 5.50. The van der Waals surface area contributed by atoms with E-state index in [9.17, 15) is 8.42 Å². The zero-order valence-corrected chi connectivity index (χ0v) is 14.8. The van der Waals surface area contributed by atoms with Crippen molar-refractivity contribution in [2.45, 2.75) is 32.2 Å². The Morgan fingerprint density at radius 3 is 2.81 bits per heavy atom. The molecule has 0 amide bonds. The molecule has 7 heteroatoms. The number of aryl methyl sites for hydroxylation is 1.